The summed E-state index contributed by atoms with van der Waals surface area (Å²) in [5.74, 6) is 2.24. The van der Waals surface area contributed by atoms with Gasteiger partial charge in [0.15, 0.2) is 11.6 Å². The SMILES string of the molecule is O=C(C1CCN(c2ccc(N3CCOCC3)nn2)CC1)N1CCOCC1. The van der Waals surface area contributed by atoms with Gasteiger partial charge in [0.05, 0.1) is 26.4 Å². The van der Waals surface area contributed by atoms with Crippen LogP contribution in [0.1, 0.15) is 12.8 Å². The normalized spacial score (nSPS) is 22.5. The quantitative estimate of drug-likeness (QED) is 0.771. The Kier molecular flexibility index (Phi) is 5.50. The zero-order valence-corrected chi connectivity index (χ0v) is 15.2. The van der Waals surface area contributed by atoms with Crippen LogP contribution in [0.5, 0.6) is 0 Å². The number of anilines is 2. The highest BCUT2D eigenvalue weighted by atomic mass is 16.5. The van der Waals surface area contributed by atoms with Crippen LogP contribution < -0.4 is 9.80 Å². The van der Waals surface area contributed by atoms with E-state index in [0.29, 0.717) is 19.1 Å². The third kappa shape index (κ3) is 3.91. The van der Waals surface area contributed by atoms with Crippen molar-refractivity contribution in [3.63, 3.8) is 0 Å². The van der Waals surface area contributed by atoms with Gasteiger partial charge in [0.25, 0.3) is 0 Å². The molecule has 8 nitrogen and oxygen atoms in total. The fourth-order valence-electron chi connectivity index (χ4n) is 3.85. The van der Waals surface area contributed by atoms with Gasteiger partial charge >= 0.3 is 0 Å². The van der Waals surface area contributed by atoms with Crippen molar-refractivity contribution in [2.45, 2.75) is 12.8 Å². The van der Waals surface area contributed by atoms with Gasteiger partial charge in [0, 0.05) is 45.2 Å². The second-order valence-electron chi connectivity index (χ2n) is 7.05. The summed E-state index contributed by atoms with van der Waals surface area (Å²) in [5, 5.41) is 8.81. The number of carbonyl (C=O) groups excluding carboxylic acids is 1. The lowest BCUT2D eigenvalue weighted by atomic mass is 9.95. The van der Waals surface area contributed by atoms with Gasteiger partial charge < -0.3 is 24.2 Å². The minimum atomic E-state index is 0.130. The monoisotopic (exact) mass is 361 g/mol. The molecule has 0 atom stereocenters. The number of ether oxygens (including phenoxy) is 2. The molecule has 4 rings (SSSR count). The molecule has 0 saturated carbocycles. The lowest BCUT2D eigenvalue weighted by Crippen LogP contribution is -2.47. The summed E-state index contributed by atoms with van der Waals surface area (Å²) in [6, 6.07) is 4.08. The largest absolute Gasteiger partial charge is 0.378 e. The van der Waals surface area contributed by atoms with Crippen molar-refractivity contribution in [2.24, 2.45) is 5.92 Å². The van der Waals surface area contributed by atoms with Gasteiger partial charge in [0.1, 0.15) is 0 Å². The molecule has 0 aromatic carbocycles. The molecule has 0 radical (unpaired) electrons. The summed E-state index contributed by atoms with van der Waals surface area (Å²) in [4.78, 5) is 19.0. The summed E-state index contributed by atoms with van der Waals surface area (Å²) in [7, 11) is 0. The van der Waals surface area contributed by atoms with Crippen LogP contribution in [0, 0.1) is 5.92 Å². The summed E-state index contributed by atoms with van der Waals surface area (Å²) in [5.41, 5.74) is 0. The molecule has 3 fully saturated rings. The van der Waals surface area contributed by atoms with Gasteiger partial charge in [-0.25, -0.2) is 0 Å². The Balaban J connectivity index is 1.30. The summed E-state index contributed by atoms with van der Waals surface area (Å²) < 4.78 is 10.7. The number of morpholine rings is 2. The van der Waals surface area contributed by atoms with Crippen LogP contribution in [-0.4, -0.2) is 86.7 Å². The second-order valence-corrected chi connectivity index (χ2v) is 7.05. The molecule has 3 aliphatic heterocycles. The topological polar surface area (TPSA) is 71.0 Å². The van der Waals surface area contributed by atoms with Crippen LogP contribution in [-0.2, 0) is 14.3 Å². The Morgan fingerprint density at radius 3 is 1.85 bits per heavy atom. The molecule has 3 aliphatic rings. The van der Waals surface area contributed by atoms with E-state index in [1.807, 2.05) is 17.0 Å². The van der Waals surface area contributed by atoms with E-state index in [4.69, 9.17) is 9.47 Å². The Labute approximate surface area is 154 Å². The average Bonchev–Trinajstić information content (AvgIpc) is 2.75. The molecule has 0 spiro atoms. The van der Waals surface area contributed by atoms with Crippen molar-refractivity contribution in [3.05, 3.63) is 12.1 Å². The number of nitrogens with zero attached hydrogens (tertiary/aromatic N) is 5. The third-order valence-electron chi connectivity index (χ3n) is 5.46. The van der Waals surface area contributed by atoms with E-state index in [1.165, 1.54) is 0 Å². The second kappa shape index (κ2) is 8.18. The molecule has 1 amide bonds. The van der Waals surface area contributed by atoms with Gasteiger partial charge in [0.2, 0.25) is 5.91 Å². The van der Waals surface area contributed by atoms with Crippen LogP contribution in [0.15, 0.2) is 12.1 Å². The first kappa shape index (κ1) is 17.5. The maximum Gasteiger partial charge on any atom is 0.225 e. The highest BCUT2D eigenvalue weighted by Crippen LogP contribution is 2.24. The zero-order chi connectivity index (χ0) is 17.8. The number of hydrogen-bond donors (Lipinski definition) is 0. The number of piperidine rings is 1. The molecule has 3 saturated heterocycles. The highest BCUT2D eigenvalue weighted by molar-refractivity contribution is 5.79. The van der Waals surface area contributed by atoms with Gasteiger partial charge in [-0.3, -0.25) is 4.79 Å². The first-order chi connectivity index (χ1) is 12.8. The number of carbonyl (C=O) groups is 1. The Hall–Kier alpha value is -1.93. The molecule has 1 aromatic rings. The highest BCUT2D eigenvalue weighted by Gasteiger charge is 2.30. The molecule has 1 aromatic heterocycles. The van der Waals surface area contributed by atoms with E-state index >= 15 is 0 Å². The van der Waals surface area contributed by atoms with E-state index in [9.17, 15) is 4.79 Å². The smallest absolute Gasteiger partial charge is 0.225 e. The van der Waals surface area contributed by atoms with Crippen LogP contribution in [0.25, 0.3) is 0 Å². The van der Waals surface area contributed by atoms with Crippen molar-refractivity contribution in [1.29, 1.82) is 0 Å². The van der Waals surface area contributed by atoms with Crippen molar-refractivity contribution in [1.82, 2.24) is 15.1 Å². The molecule has 0 aliphatic carbocycles. The van der Waals surface area contributed by atoms with Crippen LogP contribution in [0.3, 0.4) is 0 Å². The summed E-state index contributed by atoms with van der Waals surface area (Å²) in [6.45, 7) is 7.71. The van der Waals surface area contributed by atoms with Gasteiger partial charge in [-0.2, -0.15) is 0 Å². The molecule has 0 unspecified atom stereocenters. The predicted molar refractivity (Wildman–Crippen MR) is 97.4 cm³/mol. The number of hydrogen-bond acceptors (Lipinski definition) is 7. The van der Waals surface area contributed by atoms with Gasteiger partial charge in [-0.15, -0.1) is 10.2 Å². The summed E-state index contributed by atoms with van der Waals surface area (Å²) >= 11 is 0. The van der Waals surface area contributed by atoms with Crippen LogP contribution >= 0.6 is 0 Å². The third-order valence-corrected chi connectivity index (χ3v) is 5.46. The Morgan fingerprint density at radius 2 is 1.31 bits per heavy atom. The number of aromatic nitrogens is 2. The van der Waals surface area contributed by atoms with E-state index < -0.39 is 0 Å². The standard InChI is InChI=1S/C18H27N5O3/c24-18(23-9-13-26-14-10-23)15-3-5-21(6-4-15)16-1-2-17(20-19-16)22-7-11-25-12-8-22/h1-2,15H,3-14H2. The molecule has 26 heavy (non-hydrogen) atoms. The fraction of sp³-hybridized carbons (Fsp3) is 0.722. The van der Waals surface area contributed by atoms with Crippen molar-refractivity contribution >= 4 is 17.5 Å². The van der Waals surface area contributed by atoms with E-state index in [2.05, 4.69) is 20.0 Å². The number of amides is 1. The molecule has 4 heterocycles. The first-order valence-corrected chi connectivity index (χ1v) is 9.59. The summed E-state index contributed by atoms with van der Waals surface area (Å²) in [6.07, 6.45) is 1.76. The zero-order valence-electron chi connectivity index (χ0n) is 15.2. The molecule has 0 bridgehead atoms. The lowest BCUT2D eigenvalue weighted by Gasteiger charge is -2.36. The van der Waals surface area contributed by atoms with E-state index in [-0.39, 0.29) is 5.92 Å². The maximum absolute atomic E-state index is 12.6. The lowest BCUT2D eigenvalue weighted by molar-refractivity contribution is -0.140. The number of rotatable bonds is 3. The van der Waals surface area contributed by atoms with Crippen LogP contribution in [0.2, 0.25) is 0 Å². The van der Waals surface area contributed by atoms with Crippen molar-refractivity contribution < 1.29 is 14.3 Å². The first-order valence-electron chi connectivity index (χ1n) is 9.59. The van der Waals surface area contributed by atoms with E-state index in [1.54, 1.807) is 0 Å². The Bertz CT molecular complexity index is 591. The average molecular weight is 361 g/mol. The molecular weight excluding hydrogens is 334 g/mol. The molecule has 0 N–H and O–H groups in total. The van der Waals surface area contributed by atoms with Gasteiger partial charge in [-0.1, -0.05) is 0 Å². The minimum absolute atomic E-state index is 0.130. The van der Waals surface area contributed by atoms with E-state index in [0.717, 1.165) is 77.0 Å². The Morgan fingerprint density at radius 1 is 0.808 bits per heavy atom. The van der Waals surface area contributed by atoms with Crippen LogP contribution in [0.4, 0.5) is 11.6 Å². The molecular formula is C18H27N5O3. The maximum atomic E-state index is 12.6. The predicted octanol–water partition coefficient (Wildman–Crippen LogP) is 0.388. The molecule has 142 valence electrons. The van der Waals surface area contributed by atoms with Gasteiger partial charge in [-0.05, 0) is 25.0 Å². The minimum Gasteiger partial charge on any atom is -0.378 e. The molecule has 8 heteroatoms. The fourth-order valence-corrected chi connectivity index (χ4v) is 3.85. The van der Waals surface area contributed by atoms with Crippen molar-refractivity contribution in [2.75, 3.05) is 75.5 Å². The van der Waals surface area contributed by atoms with Crippen molar-refractivity contribution in [3.8, 4) is 0 Å².